The van der Waals surface area contributed by atoms with E-state index in [1.807, 2.05) is 37.3 Å². The summed E-state index contributed by atoms with van der Waals surface area (Å²) in [5.74, 6) is 0.433. The maximum absolute atomic E-state index is 11.7. The Morgan fingerprint density at radius 3 is 2.50 bits per heavy atom. The third-order valence-corrected chi connectivity index (χ3v) is 4.25. The smallest absolute Gasteiger partial charge is 0.320 e. The predicted octanol–water partition coefficient (Wildman–Crippen LogP) is 4.50. The Morgan fingerprint density at radius 1 is 0.893 bits per heavy atom. The summed E-state index contributed by atoms with van der Waals surface area (Å²) < 4.78 is 0. The summed E-state index contributed by atoms with van der Waals surface area (Å²) in [6.07, 6.45) is 1.74. The van der Waals surface area contributed by atoms with Crippen molar-refractivity contribution in [3.63, 3.8) is 0 Å². The van der Waals surface area contributed by atoms with Crippen LogP contribution in [0.25, 0.3) is 33.5 Å². The number of nitrogens with one attached hydrogen (secondary N) is 2. The van der Waals surface area contributed by atoms with E-state index < -0.39 is 0 Å². The van der Waals surface area contributed by atoms with Gasteiger partial charge in [0.1, 0.15) is 11.3 Å². The molecule has 0 fully saturated rings. The number of hydrogen-bond donors (Lipinski definition) is 2. The minimum absolute atomic E-state index is 0.297. The summed E-state index contributed by atoms with van der Waals surface area (Å²) in [4.78, 5) is 25.2. The molecular weight excluding hydrogens is 350 g/mol. The van der Waals surface area contributed by atoms with E-state index in [0.717, 1.165) is 22.4 Å². The van der Waals surface area contributed by atoms with E-state index >= 15 is 0 Å². The van der Waals surface area contributed by atoms with Crippen molar-refractivity contribution in [2.45, 2.75) is 6.92 Å². The van der Waals surface area contributed by atoms with E-state index in [0.29, 0.717) is 23.5 Å². The number of pyridine rings is 1. The van der Waals surface area contributed by atoms with Gasteiger partial charge in [-0.05, 0) is 36.2 Å². The van der Waals surface area contributed by atoms with E-state index in [-0.39, 0.29) is 6.03 Å². The van der Waals surface area contributed by atoms with E-state index in [1.165, 1.54) is 0 Å². The molecule has 0 atom stereocenters. The fraction of sp³-hybridized carbons (Fsp3) is 0.0909. The highest BCUT2D eigenvalue weighted by Gasteiger charge is 2.08. The summed E-state index contributed by atoms with van der Waals surface area (Å²) in [6.45, 7) is 2.40. The fourth-order valence-corrected chi connectivity index (χ4v) is 2.92. The van der Waals surface area contributed by atoms with Gasteiger partial charge in [0.15, 0.2) is 5.65 Å². The van der Waals surface area contributed by atoms with Crippen LogP contribution in [0.2, 0.25) is 0 Å². The SMILES string of the molecule is CCNC(=O)Nc1ccc2ncc(-c3cccc(-c4ccccc4)c3)nc2n1. The molecule has 0 spiro atoms. The van der Waals surface area contributed by atoms with Crippen molar-refractivity contribution >= 4 is 23.0 Å². The molecule has 2 heterocycles. The number of anilines is 1. The van der Waals surface area contributed by atoms with Gasteiger partial charge in [-0.3, -0.25) is 10.3 Å². The minimum Gasteiger partial charge on any atom is -0.338 e. The number of carbonyl (C=O) groups excluding carboxylic acids is 1. The van der Waals surface area contributed by atoms with Crippen molar-refractivity contribution in [2.75, 3.05) is 11.9 Å². The van der Waals surface area contributed by atoms with Crippen LogP contribution in [0.3, 0.4) is 0 Å². The zero-order valence-electron chi connectivity index (χ0n) is 15.4. The second-order valence-electron chi connectivity index (χ2n) is 6.23. The van der Waals surface area contributed by atoms with Crippen molar-refractivity contribution in [1.82, 2.24) is 20.3 Å². The Labute approximate surface area is 162 Å². The summed E-state index contributed by atoms with van der Waals surface area (Å²) in [5.41, 5.74) is 5.10. The summed E-state index contributed by atoms with van der Waals surface area (Å²) in [6, 6.07) is 21.6. The van der Waals surface area contributed by atoms with Gasteiger partial charge in [0.05, 0.1) is 11.9 Å². The highest BCUT2D eigenvalue weighted by atomic mass is 16.2. The number of aromatic nitrogens is 3. The van der Waals surface area contributed by atoms with Crippen LogP contribution in [0.1, 0.15) is 6.92 Å². The lowest BCUT2D eigenvalue weighted by atomic mass is 10.0. The molecule has 4 aromatic rings. The number of carbonyl (C=O) groups is 1. The number of rotatable bonds is 4. The number of amides is 2. The van der Waals surface area contributed by atoms with Crippen LogP contribution in [0.5, 0.6) is 0 Å². The molecule has 0 unspecified atom stereocenters. The molecule has 2 amide bonds. The van der Waals surface area contributed by atoms with E-state index in [9.17, 15) is 4.79 Å². The Kier molecular flexibility index (Phi) is 4.93. The third-order valence-electron chi connectivity index (χ3n) is 4.25. The Bertz CT molecular complexity index is 1130. The van der Waals surface area contributed by atoms with Gasteiger partial charge < -0.3 is 5.32 Å². The number of nitrogens with zero attached hydrogens (tertiary/aromatic N) is 3. The number of fused-ring (bicyclic) bond motifs is 1. The number of hydrogen-bond acceptors (Lipinski definition) is 4. The topological polar surface area (TPSA) is 79.8 Å². The van der Waals surface area contributed by atoms with Crippen LogP contribution in [0, 0.1) is 0 Å². The lowest BCUT2D eigenvalue weighted by Crippen LogP contribution is -2.28. The van der Waals surface area contributed by atoms with Gasteiger partial charge >= 0.3 is 6.03 Å². The van der Waals surface area contributed by atoms with Crippen molar-refractivity contribution in [3.05, 3.63) is 72.9 Å². The summed E-state index contributed by atoms with van der Waals surface area (Å²) in [5, 5.41) is 5.37. The van der Waals surface area contributed by atoms with E-state index in [2.05, 4.69) is 49.9 Å². The quantitative estimate of drug-likeness (QED) is 0.555. The van der Waals surface area contributed by atoms with Gasteiger partial charge in [-0.25, -0.2) is 14.8 Å². The van der Waals surface area contributed by atoms with Gasteiger partial charge in [0, 0.05) is 12.1 Å². The number of benzene rings is 2. The first-order valence-electron chi connectivity index (χ1n) is 9.07. The average Bonchev–Trinajstić information content (AvgIpc) is 2.74. The van der Waals surface area contributed by atoms with Crippen molar-refractivity contribution < 1.29 is 4.79 Å². The molecular formula is C22H19N5O. The molecule has 28 heavy (non-hydrogen) atoms. The monoisotopic (exact) mass is 369 g/mol. The molecule has 0 radical (unpaired) electrons. The summed E-state index contributed by atoms with van der Waals surface area (Å²) >= 11 is 0. The first kappa shape index (κ1) is 17.6. The number of urea groups is 1. The van der Waals surface area contributed by atoms with Crippen LogP contribution in [0.4, 0.5) is 10.6 Å². The van der Waals surface area contributed by atoms with E-state index in [4.69, 9.17) is 0 Å². The highest BCUT2D eigenvalue weighted by molar-refractivity contribution is 5.89. The zero-order chi connectivity index (χ0) is 19.3. The predicted molar refractivity (Wildman–Crippen MR) is 111 cm³/mol. The molecule has 4 rings (SSSR count). The molecule has 0 aliphatic carbocycles. The molecule has 2 aromatic carbocycles. The standard InChI is InChI=1S/C22H19N5O/c1-2-23-22(28)27-20-12-11-18-21(26-20)25-19(14-24-18)17-10-6-9-16(13-17)15-7-4-3-5-8-15/h3-14H,2H2,1H3,(H2,23,25,26,27,28). The maximum Gasteiger partial charge on any atom is 0.320 e. The molecule has 0 saturated heterocycles. The van der Waals surface area contributed by atoms with E-state index in [1.54, 1.807) is 18.3 Å². The normalized spacial score (nSPS) is 10.6. The molecule has 6 heteroatoms. The van der Waals surface area contributed by atoms with Gasteiger partial charge in [0.2, 0.25) is 0 Å². The third kappa shape index (κ3) is 3.81. The Hall–Kier alpha value is -3.80. The first-order valence-corrected chi connectivity index (χ1v) is 9.07. The minimum atomic E-state index is -0.297. The maximum atomic E-state index is 11.7. The molecule has 0 saturated carbocycles. The second-order valence-corrected chi connectivity index (χ2v) is 6.23. The van der Waals surface area contributed by atoms with Crippen LogP contribution >= 0.6 is 0 Å². The van der Waals surface area contributed by atoms with Crippen LogP contribution < -0.4 is 10.6 Å². The van der Waals surface area contributed by atoms with Gasteiger partial charge in [-0.15, -0.1) is 0 Å². The van der Waals surface area contributed by atoms with Crippen LogP contribution in [-0.4, -0.2) is 27.5 Å². The first-order chi connectivity index (χ1) is 13.7. The second kappa shape index (κ2) is 7.84. The summed E-state index contributed by atoms with van der Waals surface area (Å²) in [7, 11) is 0. The average molecular weight is 369 g/mol. The molecule has 6 nitrogen and oxygen atoms in total. The lowest BCUT2D eigenvalue weighted by molar-refractivity contribution is 0.252. The Balaban J connectivity index is 1.68. The lowest BCUT2D eigenvalue weighted by Gasteiger charge is -2.08. The van der Waals surface area contributed by atoms with Crippen molar-refractivity contribution in [3.8, 4) is 22.4 Å². The molecule has 138 valence electrons. The molecule has 2 N–H and O–H groups in total. The van der Waals surface area contributed by atoms with Crippen molar-refractivity contribution in [1.29, 1.82) is 0 Å². The van der Waals surface area contributed by atoms with Gasteiger partial charge in [-0.2, -0.15) is 0 Å². The van der Waals surface area contributed by atoms with Crippen LogP contribution in [0.15, 0.2) is 72.9 Å². The fourth-order valence-electron chi connectivity index (χ4n) is 2.92. The molecule has 0 aliphatic rings. The molecule has 2 aromatic heterocycles. The highest BCUT2D eigenvalue weighted by Crippen LogP contribution is 2.25. The van der Waals surface area contributed by atoms with Gasteiger partial charge in [0.25, 0.3) is 0 Å². The van der Waals surface area contributed by atoms with Crippen molar-refractivity contribution in [2.24, 2.45) is 0 Å². The molecule has 0 bridgehead atoms. The van der Waals surface area contributed by atoms with Gasteiger partial charge in [-0.1, -0.05) is 48.5 Å². The Morgan fingerprint density at radius 2 is 1.68 bits per heavy atom. The van der Waals surface area contributed by atoms with Crippen LogP contribution in [-0.2, 0) is 0 Å². The zero-order valence-corrected chi connectivity index (χ0v) is 15.4. The molecule has 0 aliphatic heterocycles. The largest absolute Gasteiger partial charge is 0.338 e.